The summed E-state index contributed by atoms with van der Waals surface area (Å²) in [5.41, 5.74) is 1.43. The predicted molar refractivity (Wildman–Crippen MR) is 58.1 cm³/mol. The van der Waals surface area contributed by atoms with Crippen molar-refractivity contribution in [3.63, 3.8) is 0 Å². The number of fused-ring (bicyclic) bond motifs is 3. The van der Waals surface area contributed by atoms with Gasteiger partial charge >= 0.3 is 22.4 Å². The third-order valence-corrected chi connectivity index (χ3v) is 2.62. The first-order valence-electron chi connectivity index (χ1n) is 4.89. The van der Waals surface area contributed by atoms with Gasteiger partial charge in [-0.25, -0.2) is 0 Å². The van der Waals surface area contributed by atoms with Gasteiger partial charge in [0, 0.05) is 16.3 Å². The fourth-order valence-corrected chi connectivity index (χ4v) is 1.94. The van der Waals surface area contributed by atoms with Crippen LogP contribution in [0.2, 0.25) is 0 Å². The molecule has 1 heterocycles. The van der Waals surface area contributed by atoms with Crippen molar-refractivity contribution in [2.75, 3.05) is 0 Å². The number of para-hydroxylation sites is 1. The van der Waals surface area contributed by atoms with Gasteiger partial charge in [0.25, 0.3) is 0 Å². The normalized spacial score (nSPS) is 10.4. The topological polar surface area (TPSA) is 53.3 Å². The Bertz CT molecular complexity index is 700. The van der Waals surface area contributed by atoms with E-state index < -0.39 is 5.97 Å². The van der Waals surface area contributed by atoms with Gasteiger partial charge in [0.1, 0.15) is 11.2 Å². The van der Waals surface area contributed by atoms with E-state index in [2.05, 4.69) is 0 Å². The summed E-state index contributed by atoms with van der Waals surface area (Å²) in [5, 5.41) is 12.4. The average Bonchev–Trinajstić information content (AvgIpc) is 2.66. The van der Waals surface area contributed by atoms with E-state index in [0.717, 1.165) is 5.39 Å². The summed E-state index contributed by atoms with van der Waals surface area (Å²) in [6.07, 6.45) is 0. The molecule has 4 heteroatoms. The third-order valence-electron chi connectivity index (χ3n) is 2.62. The van der Waals surface area contributed by atoms with E-state index >= 15 is 0 Å². The Hall–Kier alpha value is -1.55. The molecular weight excluding hydrogens is 312 g/mol. The number of furan rings is 1. The van der Waals surface area contributed by atoms with Gasteiger partial charge in [-0.2, -0.15) is 0 Å². The van der Waals surface area contributed by atoms with E-state index in [0.29, 0.717) is 16.6 Å². The van der Waals surface area contributed by atoms with Gasteiger partial charge in [-0.15, -0.1) is 0 Å². The summed E-state index contributed by atoms with van der Waals surface area (Å²) in [7, 11) is 0. The van der Waals surface area contributed by atoms with Crippen LogP contribution < -0.4 is 5.11 Å². The minimum absolute atomic E-state index is 0. The smallest absolute Gasteiger partial charge is 0.545 e. The standard InChI is InChI=1S/C13H8O3.Ag/c14-13(15)9-5-3-7-11-12(9)8-4-1-2-6-10(8)16-11;/h1-7H,(H,14,15);/q;+1/p-1. The van der Waals surface area contributed by atoms with Crippen LogP contribution in [-0.4, -0.2) is 5.97 Å². The molecule has 88 valence electrons. The first kappa shape index (κ1) is 11.9. The maximum absolute atomic E-state index is 11.0. The zero-order chi connectivity index (χ0) is 11.1. The Morgan fingerprint density at radius 3 is 2.47 bits per heavy atom. The molecule has 2 aromatic carbocycles. The van der Waals surface area contributed by atoms with Crippen molar-refractivity contribution in [1.82, 2.24) is 0 Å². The number of carbonyl (C=O) groups excluding carboxylic acids is 1. The number of carboxylic acids is 1. The minimum Gasteiger partial charge on any atom is -0.545 e. The van der Waals surface area contributed by atoms with Gasteiger partial charge in [0.2, 0.25) is 0 Å². The molecular formula is C13H7AgO3. The maximum Gasteiger partial charge on any atom is 1.00 e. The third kappa shape index (κ3) is 1.78. The molecule has 0 spiro atoms. The van der Waals surface area contributed by atoms with Crippen LogP contribution in [0.5, 0.6) is 0 Å². The van der Waals surface area contributed by atoms with Crippen molar-refractivity contribution in [1.29, 1.82) is 0 Å². The van der Waals surface area contributed by atoms with Crippen molar-refractivity contribution in [3.05, 3.63) is 48.0 Å². The van der Waals surface area contributed by atoms with Crippen LogP contribution in [0.15, 0.2) is 46.9 Å². The first-order chi connectivity index (χ1) is 7.77. The van der Waals surface area contributed by atoms with Crippen LogP contribution in [0.3, 0.4) is 0 Å². The summed E-state index contributed by atoms with van der Waals surface area (Å²) < 4.78 is 5.55. The van der Waals surface area contributed by atoms with E-state index in [9.17, 15) is 9.90 Å². The van der Waals surface area contributed by atoms with Gasteiger partial charge in [0.15, 0.2) is 0 Å². The molecule has 3 aromatic rings. The number of rotatable bonds is 1. The van der Waals surface area contributed by atoms with Crippen LogP contribution in [-0.2, 0) is 22.4 Å². The number of hydrogen-bond acceptors (Lipinski definition) is 3. The second-order valence-corrected chi connectivity index (χ2v) is 3.56. The monoisotopic (exact) mass is 318 g/mol. The molecule has 0 atom stereocenters. The zero-order valence-corrected chi connectivity index (χ0v) is 10.0. The summed E-state index contributed by atoms with van der Waals surface area (Å²) in [4.78, 5) is 11.0. The molecule has 0 saturated carbocycles. The molecule has 3 rings (SSSR count). The number of benzene rings is 2. The van der Waals surface area contributed by atoms with E-state index in [1.54, 1.807) is 12.1 Å². The van der Waals surface area contributed by atoms with Gasteiger partial charge in [-0.3, -0.25) is 0 Å². The second-order valence-electron chi connectivity index (χ2n) is 3.56. The van der Waals surface area contributed by atoms with Gasteiger partial charge in [0.05, 0.1) is 5.97 Å². The van der Waals surface area contributed by atoms with Crippen LogP contribution in [0.4, 0.5) is 0 Å². The van der Waals surface area contributed by atoms with Crippen LogP contribution >= 0.6 is 0 Å². The Balaban J connectivity index is 0.00000108. The summed E-state index contributed by atoms with van der Waals surface area (Å²) in [5.74, 6) is -1.18. The van der Waals surface area contributed by atoms with Gasteiger partial charge in [-0.05, 0) is 12.1 Å². The summed E-state index contributed by atoms with van der Waals surface area (Å²) >= 11 is 0. The van der Waals surface area contributed by atoms with Crippen molar-refractivity contribution in [2.45, 2.75) is 0 Å². The van der Waals surface area contributed by atoms with Gasteiger partial charge < -0.3 is 14.3 Å². The quantitative estimate of drug-likeness (QED) is 0.644. The molecule has 0 fully saturated rings. The Labute approximate surface area is 113 Å². The van der Waals surface area contributed by atoms with E-state index in [1.807, 2.05) is 24.3 Å². The zero-order valence-electron chi connectivity index (χ0n) is 8.57. The largest absolute Gasteiger partial charge is 1.00 e. The van der Waals surface area contributed by atoms with Crippen molar-refractivity contribution >= 4 is 27.9 Å². The molecule has 0 aliphatic carbocycles. The minimum atomic E-state index is -1.18. The van der Waals surface area contributed by atoms with Crippen LogP contribution in [0.25, 0.3) is 21.9 Å². The molecule has 0 aliphatic heterocycles. The molecule has 0 amide bonds. The molecule has 0 aliphatic rings. The van der Waals surface area contributed by atoms with Gasteiger partial charge in [-0.1, -0.05) is 30.3 Å². The molecule has 0 unspecified atom stereocenters. The maximum atomic E-state index is 11.0. The molecule has 0 radical (unpaired) electrons. The van der Waals surface area contributed by atoms with E-state index in [-0.39, 0.29) is 27.9 Å². The fourth-order valence-electron chi connectivity index (χ4n) is 1.94. The average molecular weight is 319 g/mol. The van der Waals surface area contributed by atoms with Crippen LogP contribution in [0.1, 0.15) is 10.4 Å². The molecule has 17 heavy (non-hydrogen) atoms. The number of carbonyl (C=O) groups is 1. The Kier molecular flexibility index (Phi) is 3.07. The second kappa shape index (κ2) is 4.37. The SMILES string of the molecule is O=C([O-])c1cccc2oc3ccccc3c12.[Ag+]. The predicted octanol–water partition coefficient (Wildman–Crippen LogP) is 1.95. The van der Waals surface area contributed by atoms with E-state index in [1.165, 1.54) is 6.07 Å². The molecule has 0 N–H and O–H groups in total. The van der Waals surface area contributed by atoms with Crippen LogP contribution in [0, 0.1) is 0 Å². The summed E-state index contributed by atoms with van der Waals surface area (Å²) in [6, 6.07) is 12.3. The molecule has 1 aromatic heterocycles. The van der Waals surface area contributed by atoms with Crippen molar-refractivity contribution in [2.24, 2.45) is 0 Å². The Morgan fingerprint density at radius 1 is 1.00 bits per heavy atom. The van der Waals surface area contributed by atoms with Crippen molar-refractivity contribution < 1.29 is 36.7 Å². The Morgan fingerprint density at radius 2 is 1.71 bits per heavy atom. The number of aromatic carboxylic acids is 1. The molecule has 0 bridgehead atoms. The molecule has 3 nitrogen and oxygen atoms in total. The number of carboxylic acid groups (broad SMARTS) is 1. The van der Waals surface area contributed by atoms with Crippen molar-refractivity contribution in [3.8, 4) is 0 Å². The molecule has 0 saturated heterocycles. The first-order valence-corrected chi connectivity index (χ1v) is 4.89. The fraction of sp³-hybridized carbons (Fsp3) is 0. The van der Waals surface area contributed by atoms with E-state index in [4.69, 9.17) is 4.42 Å². The summed E-state index contributed by atoms with van der Waals surface area (Å²) in [6.45, 7) is 0. The number of hydrogen-bond donors (Lipinski definition) is 0.